The van der Waals surface area contributed by atoms with Crippen LogP contribution >= 0.6 is 11.6 Å². The molecule has 2 heterocycles. The van der Waals surface area contributed by atoms with Crippen molar-refractivity contribution in [2.45, 2.75) is 40.0 Å². The number of aromatic nitrogens is 1. The zero-order chi connectivity index (χ0) is 24.9. The SMILES string of the molecule is COc1ccc(NC(=O)[C@H]2CC23CCN(C(=O)c2cc(C)nc4cc(C)cc(C)c24)CC3)cc1Cl. The highest BCUT2D eigenvalue weighted by Crippen LogP contribution is 2.59. The Morgan fingerprint density at radius 3 is 2.54 bits per heavy atom. The summed E-state index contributed by atoms with van der Waals surface area (Å²) in [6.07, 6.45) is 2.53. The lowest BCUT2D eigenvalue weighted by Crippen LogP contribution is -2.40. The van der Waals surface area contributed by atoms with Crippen molar-refractivity contribution < 1.29 is 14.3 Å². The number of methoxy groups -OCH3 is 1. The highest BCUT2D eigenvalue weighted by Gasteiger charge is 2.58. The van der Waals surface area contributed by atoms with Crippen molar-refractivity contribution in [3.63, 3.8) is 0 Å². The number of carbonyl (C=O) groups is 2. The molecule has 2 fully saturated rings. The molecule has 1 N–H and O–H groups in total. The molecule has 35 heavy (non-hydrogen) atoms. The standard InChI is InChI=1S/C28H30ClN3O3/c1-16-11-17(2)25-20(13-18(3)30-23(25)12-16)27(34)32-9-7-28(8-10-32)15-21(28)26(33)31-19-5-6-24(35-4)22(29)14-19/h5-6,11-14,21H,7-10,15H2,1-4H3,(H,31,33)/t21-/m1/s1. The van der Waals surface area contributed by atoms with Crippen LogP contribution in [-0.2, 0) is 4.79 Å². The van der Waals surface area contributed by atoms with Crippen molar-refractivity contribution in [1.82, 2.24) is 9.88 Å². The Morgan fingerprint density at radius 2 is 1.86 bits per heavy atom. The van der Waals surface area contributed by atoms with Crippen LogP contribution in [0.15, 0.2) is 36.4 Å². The van der Waals surface area contributed by atoms with Gasteiger partial charge in [0.25, 0.3) is 5.91 Å². The van der Waals surface area contributed by atoms with Gasteiger partial charge in [-0.15, -0.1) is 0 Å². The van der Waals surface area contributed by atoms with E-state index in [0.29, 0.717) is 29.5 Å². The average Bonchev–Trinajstić information content (AvgIpc) is 3.51. The first kappa shape index (κ1) is 23.6. The molecule has 3 aromatic rings. The van der Waals surface area contributed by atoms with Gasteiger partial charge in [-0.2, -0.15) is 0 Å². The van der Waals surface area contributed by atoms with Crippen molar-refractivity contribution in [3.05, 3.63) is 63.8 Å². The predicted molar refractivity (Wildman–Crippen MR) is 138 cm³/mol. The number of piperidine rings is 1. The quantitative estimate of drug-likeness (QED) is 0.508. The first-order valence-corrected chi connectivity index (χ1v) is 12.4. The molecule has 0 bridgehead atoms. The van der Waals surface area contributed by atoms with E-state index in [1.54, 1.807) is 25.3 Å². The number of nitrogens with zero attached hydrogens (tertiary/aromatic N) is 2. The zero-order valence-electron chi connectivity index (χ0n) is 20.6. The second-order valence-corrected chi connectivity index (χ2v) is 10.4. The van der Waals surface area contributed by atoms with Crippen LogP contribution in [0.3, 0.4) is 0 Å². The van der Waals surface area contributed by atoms with Crippen molar-refractivity contribution >= 4 is 40.0 Å². The van der Waals surface area contributed by atoms with Gasteiger partial charge in [0.2, 0.25) is 5.91 Å². The molecule has 7 heteroatoms. The molecule has 2 aliphatic rings. The minimum Gasteiger partial charge on any atom is -0.495 e. The summed E-state index contributed by atoms with van der Waals surface area (Å²) in [5.41, 5.74) is 5.31. The van der Waals surface area contributed by atoms with E-state index < -0.39 is 0 Å². The van der Waals surface area contributed by atoms with E-state index in [9.17, 15) is 9.59 Å². The molecule has 2 amide bonds. The van der Waals surface area contributed by atoms with Gasteiger partial charge in [0, 0.05) is 35.8 Å². The Bertz CT molecular complexity index is 1340. The number of aryl methyl sites for hydroxylation is 3. The van der Waals surface area contributed by atoms with E-state index in [2.05, 4.69) is 16.4 Å². The molecule has 1 saturated carbocycles. The lowest BCUT2D eigenvalue weighted by molar-refractivity contribution is -0.118. The van der Waals surface area contributed by atoms with Gasteiger partial charge in [-0.25, -0.2) is 0 Å². The number of fused-ring (bicyclic) bond motifs is 1. The maximum absolute atomic E-state index is 13.6. The van der Waals surface area contributed by atoms with Gasteiger partial charge in [-0.05, 0) is 86.9 Å². The number of hydrogen-bond acceptors (Lipinski definition) is 4. The first-order valence-electron chi connectivity index (χ1n) is 12.0. The number of benzene rings is 2. The highest BCUT2D eigenvalue weighted by atomic mass is 35.5. The number of ether oxygens (including phenoxy) is 1. The molecule has 5 rings (SSSR count). The molecule has 1 atom stereocenters. The number of likely N-dealkylation sites (tertiary alicyclic amines) is 1. The predicted octanol–water partition coefficient (Wildman–Crippen LogP) is 5.70. The zero-order valence-corrected chi connectivity index (χ0v) is 21.3. The molecule has 2 aromatic carbocycles. The Kier molecular flexibility index (Phi) is 5.96. The Labute approximate surface area is 210 Å². The van der Waals surface area contributed by atoms with Gasteiger partial charge in [-0.1, -0.05) is 17.7 Å². The maximum Gasteiger partial charge on any atom is 0.254 e. The molecule has 6 nitrogen and oxygen atoms in total. The number of halogens is 1. The minimum atomic E-state index is -0.0325. The van der Waals surface area contributed by atoms with E-state index >= 15 is 0 Å². The van der Waals surface area contributed by atoms with E-state index in [1.165, 1.54) is 0 Å². The summed E-state index contributed by atoms with van der Waals surface area (Å²) in [4.78, 5) is 33.1. The number of rotatable bonds is 4. The van der Waals surface area contributed by atoms with E-state index in [1.807, 2.05) is 37.8 Å². The molecule has 1 aromatic heterocycles. The van der Waals surface area contributed by atoms with Crippen LogP contribution in [0.1, 0.15) is 46.4 Å². The smallest absolute Gasteiger partial charge is 0.254 e. The fraction of sp³-hybridized carbons (Fsp3) is 0.393. The third kappa shape index (κ3) is 4.36. The fourth-order valence-corrected chi connectivity index (χ4v) is 5.88. The molecule has 1 aliphatic carbocycles. The number of hydrogen-bond donors (Lipinski definition) is 1. The van der Waals surface area contributed by atoms with E-state index in [-0.39, 0.29) is 23.1 Å². The molecule has 182 valence electrons. The molecule has 1 saturated heterocycles. The Hall–Kier alpha value is -3.12. The van der Waals surface area contributed by atoms with E-state index in [4.69, 9.17) is 16.3 Å². The Morgan fingerprint density at radius 1 is 1.11 bits per heavy atom. The van der Waals surface area contributed by atoms with Crippen molar-refractivity contribution in [2.24, 2.45) is 11.3 Å². The van der Waals surface area contributed by atoms with E-state index in [0.717, 1.165) is 52.5 Å². The van der Waals surface area contributed by atoms with Gasteiger partial charge in [0.15, 0.2) is 0 Å². The third-order valence-electron chi connectivity index (χ3n) is 7.58. The van der Waals surface area contributed by atoms with Crippen molar-refractivity contribution in [2.75, 3.05) is 25.5 Å². The van der Waals surface area contributed by atoms with Gasteiger partial charge in [0.05, 0.1) is 23.2 Å². The van der Waals surface area contributed by atoms with Gasteiger partial charge >= 0.3 is 0 Å². The molecule has 1 aliphatic heterocycles. The monoisotopic (exact) mass is 491 g/mol. The summed E-state index contributed by atoms with van der Waals surface area (Å²) >= 11 is 6.19. The number of nitrogens with one attached hydrogen (secondary N) is 1. The number of carbonyl (C=O) groups excluding carboxylic acids is 2. The van der Waals surface area contributed by atoms with Crippen LogP contribution in [0, 0.1) is 32.1 Å². The molecular formula is C28H30ClN3O3. The largest absolute Gasteiger partial charge is 0.495 e. The summed E-state index contributed by atoms with van der Waals surface area (Å²) in [5.74, 6) is 0.617. The summed E-state index contributed by atoms with van der Waals surface area (Å²) in [6, 6.07) is 11.3. The summed E-state index contributed by atoms with van der Waals surface area (Å²) < 4.78 is 5.18. The Balaban J connectivity index is 1.26. The van der Waals surface area contributed by atoms with Crippen LogP contribution < -0.4 is 10.1 Å². The van der Waals surface area contributed by atoms with Crippen LogP contribution in [-0.4, -0.2) is 41.9 Å². The highest BCUT2D eigenvalue weighted by molar-refractivity contribution is 6.32. The molecule has 0 radical (unpaired) electrons. The number of anilines is 1. The van der Waals surface area contributed by atoms with Gasteiger partial charge in [-0.3, -0.25) is 14.6 Å². The summed E-state index contributed by atoms with van der Waals surface area (Å²) in [6.45, 7) is 7.34. The minimum absolute atomic E-state index is 0.0135. The lowest BCUT2D eigenvalue weighted by atomic mass is 9.90. The fourth-order valence-electron chi connectivity index (χ4n) is 5.63. The van der Waals surface area contributed by atoms with Crippen molar-refractivity contribution in [3.8, 4) is 5.75 Å². The first-order chi connectivity index (χ1) is 16.7. The van der Waals surface area contributed by atoms with Crippen molar-refractivity contribution in [1.29, 1.82) is 0 Å². The van der Waals surface area contributed by atoms with Gasteiger partial charge < -0.3 is 15.0 Å². The van der Waals surface area contributed by atoms with Crippen LogP contribution in [0.25, 0.3) is 10.9 Å². The molecule has 1 spiro atoms. The maximum atomic E-state index is 13.6. The summed E-state index contributed by atoms with van der Waals surface area (Å²) in [7, 11) is 1.56. The average molecular weight is 492 g/mol. The topological polar surface area (TPSA) is 71.5 Å². The summed E-state index contributed by atoms with van der Waals surface area (Å²) in [5, 5.41) is 4.40. The number of pyridine rings is 1. The van der Waals surface area contributed by atoms with Crippen LogP contribution in [0.2, 0.25) is 5.02 Å². The van der Waals surface area contributed by atoms with Crippen LogP contribution in [0.4, 0.5) is 5.69 Å². The second-order valence-electron chi connectivity index (χ2n) is 10.0. The normalized spacial score (nSPS) is 18.5. The lowest BCUT2D eigenvalue weighted by Gasteiger charge is -2.33. The van der Waals surface area contributed by atoms with Crippen LogP contribution in [0.5, 0.6) is 5.75 Å². The molecular weight excluding hydrogens is 462 g/mol. The number of amides is 2. The molecule has 0 unspecified atom stereocenters. The third-order valence-corrected chi connectivity index (χ3v) is 7.88. The van der Waals surface area contributed by atoms with Gasteiger partial charge in [0.1, 0.15) is 5.75 Å². The second kappa shape index (κ2) is 8.83.